The van der Waals surface area contributed by atoms with E-state index in [4.69, 9.17) is 9.47 Å². The first kappa shape index (κ1) is 20.3. The van der Waals surface area contributed by atoms with Crippen LogP contribution in [0.4, 0.5) is 0 Å². The molecule has 152 valence electrons. The Hall–Kier alpha value is -3.39. The molecule has 0 fully saturated rings. The summed E-state index contributed by atoms with van der Waals surface area (Å²) < 4.78 is 10.6. The Labute approximate surface area is 169 Å². The highest BCUT2D eigenvalue weighted by Gasteiger charge is 2.41. The van der Waals surface area contributed by atoms with Gasteiger partial charge in [-0.2, -0.15) is 0 Å². The second-order valence-electron chi connectivity index (χ2n) is 6.46. The van der Waals surface area contributed by atoms with Crippen LogP contribution in [0, 0.1) is 0 Å². The van der Waals surface area contributed by atoms with E-state index in [9.17, 15) is 14.7 Å². The highest BCUT2D eigenvalue weighted by atomic mass is 16.5. The number of carbonyl (C=O) groups is 2. The van der Waals surface area contributed by atoms with Gasteiger partial charge in [0.25, 0.3) is 11.8 Å². The summed E-state index contributed by atoms with van der Waals surface area (Å²) in [5.74, 6) is 0.114. The van der Waals surface area contributed by atoms with Gasteiger partial charge >= 0.3 is 0 Å². The van der Waals surface area contributed by atoms with Crippen molar-refractivity contribution >= 4 is 17.4 Å². The average molecular weight is 397 g/mol. The Kier molecular flexibility index (Phi) is 6.13. The minimum Gasteiger partial charge on any atom is -0.493 e. The van der Waals surface area contributed by atoms with Crippen LogP contribution in [-0.4, -0.2) is 66.1 Å². The number of imide groups is 1. The molecule has 0 atom stereocenters. The minimum atomic E-state index is -0.429. The molecular weight excluding hydrogens is 374 g/mol. The number of aromatic nitrogens is 1. The maximum atomic E-state index is 13.3. The molecule has 1 aromatic heterocycles. The topological polar surface area (TPSA) is 92.2 Å². The molecule has 0 saturated carbocycles. The van der Waals surface area contributed by atoms with E-state index in [0.29, 0.717) is 22.8 Å². The molecule has 29 heavy (non-hydrogen) atoms. The SMILES string of the molecule is COc1ccc(C2=C(N(C)CCO)C(=O)N(Cc3ccccn3)C2=O)cc1OC. The van der Waals surface area contributed by atoms with Gasteiger partial charge in [0, 0.05) is 19.8 Å². The van der Waals surface area contributed by atoms with Crippen LogP contribution in [-0.2, 0) is 16.1 Å². The number of aliphatic hydroxyl groups is 1. The van der Waals surface area contributed by atoms with Gasteiger partial charge in [-0.15, -0.1) is 0 Å². The van der Waals surface area contributed by atoms with E-state index >= 15 is 0 Å². The molecule has 0 spiro atoms. The van der Waals surface area contributed by atoms with E-state index in [1.54, 1.807) is 54.5 Å². The average Bonchev–Trinajstić information content (AvgIpc) is 2.99. The summed E-state index contributed by atoms with van der Waals surface area (Å²) in [5, 5.41) is 9.34. The van der Waals surface area contributed by atoms with E-state index < -0.39 is 11.8 Å². The highest BCUT2D eigenvalue weighted by molar-refractivity contribution is 6.35. The third-order valence-electron chi connectivity index (χ3n) is 4.68. The molecule has 3 rings (SSSR count). The number of rotatable bonds is 8. The number of benzene rings is 1. The molecule has 8 heteroatoms. The maximum absolute atomic E-state index is 13.3. The standard InChI is InChI=1S/C21H23N3O5/c1-23(10-11-25)19-18(14-7-8-16(28-2)17(12-14)29-3)20(26)24(21(19)27)13-15-6-4-5-9-22-15/h4-9,12,25H,10-11,13H2,1-3H3. The quantitative estimate of drug-likeness (QED) is 0.671. The molecule has 1 N–H and O–H groups in total. The van der Waals surface area contributed by atoms with E-state index in [1.807, 2.05) is 0 Å². The smallest absolute Gasteiger partial charge is 0.278 e. The minimum absolute atomic E-state index is 0.0613. The zero-order chi connectivity index (χ0) is 21.0. The molecule has 1 aliphatic heterocycles. The number of nitrogens with zero attached hydrogens (tertiary/aromatic N) is 3. The summed E-state index contributed by atoms with van der Waals surface area (Å²) in [5.41, 5.74) is 1.62. The van der Waals surface area contributed by atoms with Gasteiger partial charge in [0.1, 0.15) is 5.70 Å². The van der Waals surface area contributed by atoms with E-state index in [0.717, 1.165) is 4.90 Å². The van der Waals surface area contributed by atoms with Crippen LogP contribution < -0.4 is 9.47 Å². The molecule has 2 aromatic rings. The molecule has 0 bridgehead atoms. The number of methoxy groups -OCH3 is 2. The Bertz CT molecular complexity index is 943. The molecule has 0 aliphatic carbocycles. The van der Waals surface area contributed by atoms with Crippen molar-refractivity contribution in [2.45, 2.75) is 6.54 Å². The van der Waals surface area contributed by atoms with Gasteiger partial charge in [-0.3, -0.25) is 19.5 Å². The van der Waals surface area contributed by atoms with E-state index in [-0.39, 0.29) is 31.0 Å². The Morgan fingerprint density at radius 2 is 1.83 bits per heavy atom. The van der Waals surface area contributed by atoms with Crippen LogP contribution in [0.2, 0.25) is 0 Å². The van der Waals surface area contributed by atoms with Crippen LogP contribution in [0.15, 0.2) is 48.3 Å². The molecule has 8 nitrogen and oxygen atoms in total. The normalized spacial score (nSPS) is 13.9. The molecule has 1 aliphatic rings. The number of ether oxygens (including phenoxy) is 2. The third-order valence-corrected chi connectivity index (χ3v) is 4.68. The number of carbonyl (C=O) groups excluding carboxylic acids is 2. The van der Waals surface area contributed by atoms with Crippen molar-refractivity contribution in [1.29, 1.82) is 0 Å². The van der Waals surface area contributed by atoms with Gasteiger partial charge in [-0.1, -0.05) is 12.1 Å². The van der Waals surface area contributed by atoms with Crippen molar-refractivity contribution in [2.75, 3.05) is 34.4 Å². The lowest BCUT2D eigenvalue weighted by Crippen LogP contribution is -2.34. The van der Waals surface area contributed by atoms with Gasteiger partial charge in [0.05, 0.1) is 38.6 Å². The van der Waals surface area contributed by atoms with Crippen molar-refractivity contribution in [3.63, 3.8) is 0 Å². The summed E-state index contributed by atoms with van der Waals surface area (Å²) in [6.45, 7) is 0.120. The van der Waals surface area contributed by atoms with Gasteiger partial charge in [0.2, 0.25) is 0 Å². The number of pyridine rings is 1. The van der Waals surface area contributed by atoms with Gasteiger partial charge in [-0.25, -0.2) is 0 Å². The van der Waals surface area contributed by atoms with Crippen molar-refractivity contribution in [3.8, 4) is 11.5 Å². The molecule has 0 saturated heterocycles. The molecule has 0 unspecified atom stereocenters. The molecule has 0 radical (unpaired) electrons. The molecule has 2 amide bonds. The largest absolute Gasteiger partial charge is 0.493 e. The molecule has 2 heterocycles. The third kappa shape index (κ3) is 3.93. The van der Waals surface area contributed by atoms with Crippen molar-refractivity contribution in [3.05, 3.63) is 59.5 Å². The predicted octanol–water partition coefficient (Wildman–Crippen LogP) is 1.30. The Morgan fingerprint density at radius 1 is 1.07 bits per heavy atom. The zero-order valence-electron chi connectivity index (χ0n) is 16.6. The lowest BCUT2D eigenvalue weighted by molar-refractivity contribution is -0.138. The maximum Gasteiger partial charge on any atom is 0.278 e. The number of amides is 2. The van der Waals surface area contributed by atoms with Crippen molar-refractivity contribution in [2.24, 2.45) is 0 Å². The lowest BCUT2D eigenvalue weighted by atomic mass is 10.0. The lowest BCUT2D eigenvalue weighted by Gasteiger charge is -2.20. The summed E-state index contributed by atoms with van der Waals surface area (Å²) in [6, 6.07) is 10.4. The van der Waals surface area contributed by atoms with Crippen LogP contribution in [0.1, 0.15) is 11.3 Å². The molecule has 1 aromatic carbocycles. The first-order chi connectivity index (χ1) is 14.0. The zero-order valence-corrected chi connectivity index (χ0v) is 16.6. The summed E-state index contributed by atoms with van der Waals surface area (Å²) >= 11 is 0. The van der Waals surface area contributed by atoms with Crippen LogP contribution in [0.25, 0.3) is 5.57 Å². The van der Waals surface area contributed by atoms with E-state index in [1.165, 1.54) is 14.2 Å². The second-order valence-corrected chi connectivity index (χ2v) is 6.46. The fourth-order valence-corrected chi connectivity index (χ4v) is 3.23. The van der Waals surface area contributed by atoms with Gasteiger partial charge in [0.15, 0.2) is 11.5 Å². The first-order valence-corrected chi connectivity index (χ1v) is 9.06. The highest BCUT2D eigenvalue weighted by Crippen LogP contribution is 2.36. The van der Waals surface area contributed by atoms with E-state index in [2.05, 4.69) is 4.98 Å². The second kappa shape index (κ2) is 8.74. The van der Waals surface area contributed by atoms with Gasteiger partial charge < -0.3 is 19.5 Å². The van der Waals surface area contributed by atoms with Crippen molar-refractivity contribution < 1.29 is 24.2 Å². The monoisotopic (exact) mass is 397 g/mol. The van der Waals surface area contributed by atoms with Gasteiger partial charge in [-0.05, 0) is 29.8 Å². The van der Waals surface area contributed by atoms with Crippen LogP contribution in [0.3, 0.4) is 0 Å². The summed E-state index contributed by atoms with van der Waals surface area (Å²) in [4.78, 5) is 33.4. The first-order valence-electron chi connectivity index (χ1n) is 9.06. The molecular formula is C21H23N3O5. The number of likely N-dealkylation sites (N-methyl/N-ethyl adjacent to an activating group) is 1. The fraction of sp³-hybridized carbons (Fsp3) is 0.286. The number of aliphatic hydroxyl groups excluding tert-OH is 1. The summed E-state index contributed by atoms with van der Waals surface area (Å²) in [6.07, 6.45) is 1.61. The summed E-state index contributed by atoms with van der Waals surface area (Å²) in [7, 11) is 4.70. The number of hydrogen-bond donors (Lipinski definition) is 1. The Balaban J connectivity index is 2.06. The van der Waals surface area contributed by atoms with Crippen molar-refractivity contribution in [1.82, 2.24) is 14.8 Å². The van der Waals surface area contributed by atoms with Crippen LogP contribution in [0.5, 0.6) is 11.5 Å². The predicted molar refractivity (Wildman–Crippen MR) is 106 cm³/mol. The van der Waals surface area contributed by atoms with Crippen LogP contribution >= 0.6 is 0 Å². The fourth-order valence-electron chi connectivity index (χ4n) is 3.23. The Morgan fingerprint density at radius 3 is 2.45 bits per heavy atom. The number of hydrogen-bond acceptors (Lipinski definition) is 7.